The van der Waals surface area contributed by atoms with Crippen LogP contribution >= 0.6 is 0 Å². The van der Waals surface area contributed by atoms with Crippen LogP contribution in [0.25, 0.3) is 0 Å². The van der Waals surface area contributed by atoms with E-state index in [1.807, 2.05) is 6.08 Å². The van der Waals surface area contributed by atoms with Crippen LogP contribution in [-0.4, -0.2) is 35.0 Å². The van der Waals surface area contributed by atoms with Gasteiger partial charge in [0.1, 0.15) is 0 Å². The average molecular weight is 211 g/mol. The Kier molecular flexibility index (Phi) is 4.34. The first kappa shape index (κ1) is 11.8. The van der Waals surface area contributed by atoms with Crippen molar-refractivity contribution >= 4 is 11.9 Å². The fourth-order valence-corrected chi connectivity index (χ4v) is 1.76. The largest absolute Gasteiger partial charge is 0.481 e. The average Bonchev–Trinajstić information content (AvgIpc) is 2.20. The number of aliphatic carboxylic acids is 1. The molecule has 0 aromatic carbocycles. The topological polar surface area (TPSA) is 57.6 Å². The summed E-state index contributed by atoms with van der Waals surface area (Å²) in [5.74, 6) is -1.10. The molecular formula is C11H17NO3. The molecule has 0 aliphatic carbocycles. The van der Waals surface area contributed by atoms with Gasteiger partial charge < -0.3 is 10.0 Å². The first-order valence-corrected chi connectivity index (χ1v) is 5.26. The summed E-state index contributed by atoms with van der Waals surface area (Å²) in [6.07, 6.45) is 4.38. The fourth-order valence-electron chi connectivity index (χ4n) is 1.76. The Morgan fingerprint density at radius 2 is 2.40 bits per heavy atom. The van der Waals surface area contributed by atoms with Gasteiger partial charge in [0, 0.05) is 19.5 Å². The Morgan fingerprint density at radius 1 is 1.67 bits per heavy atom. The van der Waals surface area contributed by atoms with E-state index in [2.05, 4.69) is 6.58 Å². The van der Waals surface area contributed by atoms with Gasteiger partial charge >= 0.3 is 5.97 Å². The molecule has 1 fully saturated rings. The summed E-state index contributed by atoms with van der Waals surface area (Å²) >= 11 is 0. The van der Waals surface area contributed by atoms with Gasteiger partial charge in [0.15, 0.2) is 0 Å². The molecule has 0 aromatic rings. The van der Waals surface area contributed by atoms with Crippen molar-refractivity contribution in [2.75, 3.05) is 13.1 Å². The lowest BCUT2D eigenvalue weighted by molar-refractivity contribution is -0.147. The van der Waals surface area contributed by atoms with Gasteiger partial charge in [-0.25, -0.2) is 0 Å². The minimum Gasteiger partial charge on any atom is -0.481 e. The second-order valence-electron chi connectivity index (χ2n) is 3.84. The molecule has 1 saturated heterocycles. The number of rotatable bonds is 5. The molecule has 0 saturated carbocycles. The van der Waals surface area contributed by atoms with Gasteiger partial charge in [0.05, 0.1) is 5.92 Å². The number of unbranched alkanes of at least 4 members (excludes halogenated alkanes) is 1. The number of piperidine rings is 1. The molecule has 15 heavy (non-hydrogen) atoms. The molecule has 0 spiro atoms. The van der Waals surface area contributed by atoms with Crippen molar-refractivity contribution in [3.05, 3.63) is 12.7 Å². The van der Waals surface area contributed by atoms with E-state index in [1.165, 1.54) is 0 Å². The Morgan fingerprint density at radius 3 is 3.00 bits per heavy atom. The van der Waals surface area contributed by atoms with Gasteiger partial charge in [0.2, 0.25) is 5.91 Å². The Labute approximate surface area is 89.6 Å². The second-order valence-corrected chi connectivity index (χ2v) is 3.84. The van der Waals surface area contributed by atoms with E-state index < -0.39 is 5.97 Å². The van der Waals surface area contributed by atoms with E-state index >= 15 is 0 Å². The number of carboxylic acid groups (broad SMARTS) is 1. The maximum atomic E-state index is 11.5. The van der Waals surface area contributed by atoms with Crippen molar-refractivity contribution in [3.63, 3.8) is 0 Å². The molecular weight excluding hydrogens is 194 g/mol. The molecule has 4 nitrogen and oxygen atoms in total. The van der Waals surface area contributed by atoms with Gasteiger partial charge in [-0.05, 0) is 19.3 Å². The lowest BCUT2D eigenvalue weighted by Gasteiger charge is -2.30. The van der Waals surface area contributed by atoms with Gasteiger partial charge in [0.25, 0.3) is 0 Å². The van der Waals surface area contributed by atoms with E-state index in [-0.39, 0.29) is 11.8 Å². The highest BCUT2D eigenvalue weighted by Crippen LogP contribution is 2.18. The number of nitrogens with zero attached hydrogens (tertiary/aromatic N) is 1. The van der Waals surface area contributed by atoms with E-state index in [1.54, 1.807) is 4.90 Å². The smallest absolute Gasteiger partial charge is 0.308 e. The minimum atomic E-state index is -0.795. The zero-order valence-electron chi connectivity index (χ0n) is 8.82. The zero-order valence-corrected chi connectivity index (χ0v) is 8.82. The number of amides is 1. The van der Waals surface area contributed by atoms with Crippen LogP contribution in [0, 0.1) is 5.92 Å². The molecule has 1 amide bonds. The third-order valence-electron chi connectivity index (χ3n) is 2.69. The fraction of sp³-hybridized carbons (Fsp3) is 0.636. The first-order chi connectivity index (χ1) is 7.15. The van der Waals surface area contributed by atoms with Crippen LogP contribution in [0.2, 0.25) is 0 Å². The number of allylic oxidation sites excluding steroid dienone is 1. The van der Waals surface area contributed by atoms with Crippen molar-refractivity contribution in [3.8, 4) is 0 Å². The molecule has 1 unspecified atom stereocenters. The van der Waals surface area contributed by atoms with Crippen LogP contribution in [0.15, 0.2) is 12.7 Å². The van der Waals surface area contributed by atoms with Crippen molar-refractivity contribution in [1.29, 1.82) is 0 Å². The minimum absolute atomic E-state index is 0.0802. The maximum absolute atomic E-state index is 11.5. The third-order valence-corrected chi connectivity index (χ3v) is 2.69. The monoisotopic (exact) mass is 211 g/mol. The molecule has 0 radical (unpaired) electrons. The number of hydrogen-bond acceptors (Lipinski definition) is 2. The molecule has 1 rings (SSSR count). The molecule has 1 aliphatic rings. The van der Waals surface area contributed by atoms with Crippen molar-refractivity contribution in [2.24, 2.45) is 5.92 Å². The number of carbonyl (C=O) groups excluding carboxylic acids is 1. The number of carbonyl (C=O) groups is 2. The number of carboxylic acids is 1. The van der Waals surface area contributed by atoms with Crippen LogP contribution in [0.4, 0.5) is 0 Å². The lowest BCUT2D eigenvalue weighted by Crippen LogP contribution is -2.42. The predicted molar refractivity (Wildman–Crippen MR) is 56.4 cm³/mol. The molecule has 1 heterocycles. The molecule has 1 aliphatic heterocycles. The summed E-state index contributed by atoms with van der Waals surface area (Å²) in [6.45, 7) is 4.62. The Bertz CT molecular complexity index is 263. The van der Waals surface area contributed by atoms with Crippen LogP contribution in [0.5, 0.6) is 0 Å². The Balaban J connectivity index is 2.42. The van der Waals surface area contributed by atoms with Gasteiger partial charge in [-0.15, -0.1) is 6.58 Å². The van der Waals surface area contributed by atoms with Crippen molar-refractivity contribution in [2.45, 2.75) is 25.7 Å². The highest BCUT2D eigenvalue weighted by atomic mass is 16.4. The zero-order chi connectivity index (χ0) is 11.3. The summed E-state index contributed by atoms with van der Waals surface area (Å²) in [7, 11) is 0. The standard InChI is InChI=1S/C11H17NO3/c1-2-3-4-7-12-8-9(11(14)15)5-6-10(12)13/h2,9H,1,3-8H2,(H,14,15). The SMILES string of the molecule is C=CCCCN1CC(C(=O)O)CCC1=O. The summed E-state index contributed by atoms with van der Waals surface area (Å²) < 4.78 is 0. The van der Waals surface area contributed by atoms with E-state index in [0.29, 0.717) is 25.9 Å². The highest BCUT2D eigenvalue weighted by molar-refractivity contribution is 5.80. The van der Waals surface area contributed by atoms with Crippen LogP contribution < -0.4 is 0 Å². The third kappa shape index (κ3) is 3.38. The Hall–Kier alpha value is -1.32. The predicted octanol–water partition coefficient (Wildman–Crippen LogP) is 1.28. The molecule has 0 aromatic heterocycles. The van der Waals surface area contributed by atoms with Crippen molar-refractivity contribution in [1.82, 2.24) is 4.90 Å². The molecule has 84 valence electrons. The van der Waals surface area contributed by atoms with E-state index in [9.17, 15) is 9.59 Å². The summed E-state index contributed by atoms with van der Waals surface area (Å²) in [4.78, 5) is 23.9. The lowest BCUT2D eigenvalue weighted by atomic mass is 9.97. The maximum Gasteiger partial charge on any atom is 0.308 e. The van der Waals surface area contributed by atoms with Crippen LogP contribution in [-0.2, 0) is 9.59 Å². The van der Waals surface area contributed by atoms with Crippen LogP contribution in [0.3, 0.4) is 0 Å². The van der Waals surface area contributed by atoms with Gasteiger partial charge in [-0.3, -0.25) is 9.59 Å². The van der Waals surface area contributed by atoms with Crippen LogP contribution in [0.1, 0.15) is 25.7 Å². The van der Waals surface area contributed by atoms with Crippen molar-refractivity contribution < 1.29 is 14.7 Å². The summed E-state index contributed by atoms with van der Waals surface area (Å²) in [6, 6.07) is 0. The number of hydrogen-bond donors (Lipinski definition) is 1. The van der Waals surface area contributed by atoms with E-state index in [0.717, 1.165) is 12.8 Å². The normalized spacial score (nSPS) is 21.5. The van der Waals surface area contributed by atoms with Gasteiger partial charge in [-0.1, -0.05) is 6.08 Å². The molecule has 1 N–H and O–H groups in total. The quantitative estimate of drug-likeness (QED) is 0.550. The first-order valence-electron chi connectivity index (χ1n) is 5.26. The summed E-state index contributed by atoms with van der Waals surface area (Å²) in [5, 5.41) is 8.86. The second kappa shape index (κ2) is 5.53. The number of likely N-dealkylation sites (tertiary alicyclic amines) is 1. The van der Waals surface area contributed by atoms with Gasteiger partial charge in [-0.2, -0.15) is 0 Å². The van der Waals surface area contributed by atoms with E-state index in [4.69, 9.17) is 5.11 Å². The molecule has 1 atom stereocenters. The molecule has 0 bridgehead atoms. The summed E-state index contributed by atoms with van der Waals surface area (Å²) in [5.41, 5.74) is 0. The highest BCUT2D eigenvalue weighted by Gasteiger charge is 2.29. The molecule has 4 heteroatoms.